The zero-order valence-corrected chi connectivity index (χ0v) is 10.3. The fourth-order valence-corrected chi connectivity index (χ4v) is 1.36. The highest BCUT2D eigenvalue weighted by atomic mass is 16.5. The highest BCUT2D eigenvalue weighted by Crippen LogP contribution is 2.02. The summed E-state index contributed by atoms with van der Waals surface area (Å²) in [5.74, 6) is -1.64. The molecule has 1 aromatic carbocycles. The van der Waals surface area contributed by atoms with Crippen molar-refractivity contribution in [1.29, 1.82) is 0 Å². The summed E-state index contributed by atoms with van der Waals surface area (Å²) in [6.45, 7) is -0.185. The number of benzene rings is 1. The maximum atomic E-state index is 11.6. The normalized spacial score (nSPS) is 9.53. The molecule has 0 aromatic heterocycles. The number of aliphatic hydroxyl groups is 1. The maximum Gasteiger partial charge on any atom is 0.441 e. The molecule has 0 aliphatic carbocycles. The van der Waals surface area contributed by atoms with Crippen LogP contribution in [0.15, 0.2) is 30.3 Å². The fraction of sp³-hybridized carbons (Fsp3) is 0.308. The van der Waals surface area contributed by atoms with Gasteiger partial charge in [0, 0.05) is 13.0 Å². The minimum atomic E-state index is -0.978. The summed E-state index contributed by atoms with van der Waals surface area (Å²) in [6, 6.07) is 8.92. The number of Topliss-reactive ketones (excluding diaryl/α,β-unsaturated/α-hetero) is 1. The van der Waals surface area contributed by atoms with E-state index in [2.05, 4.69) is 4.79 Å². The predicted octanol–water partition coefficient (Wildman–Crippen LogP) is 0.742. The van der Waals surface area contributed by atoms with Crippen molar-refractivity contribution in [1.82, 2.24) is 0 Å². The van der Waals surface area contributed by atoms with Crippen LogP contribution in [0.5, 0.6) is 0 Å². The van der Waals surface area contributed by atoms with Crippen molar-refractivity contribution >= 4 is 17.5 Å². The van der Waals surface area contributed by atoms with Crippen LogP contribution in [0.4, 0.5) is 0 Å². The number of ketones is 1. The quantitative estimate of drug-likeness (QED) is 0.257. The Hall–Kier alpha value is -2.30. The summed E-state index contributed by atoms with van der Waals surface area (Å²) in [5.41, 5.74) is 8.78. The van der Waals surface area contributed by atoms with Gasteiger partial charge in [0.2, 0.25) is 0 Å². The standard InChI is InChI=1S/C13H14N2O4/c14-15-12(11(17)7-4-8-16)13(18)19-9-10-5-2-1-3-6-10/h1-3,5-6,16H,4,7-9H2. The smallest absolute Gasteiger partial charge is 0.441 e. The molecule has 19 heavy (non-hydrogen) atoms. The van der Waals surface area contributed by atoms with Crippen LogP contribution < -0.4 is 0 Å². The van der Waals surface area contributed by atoms with Crippen molar-refractivity contribution in [2.75, 3.05) is 6.61 Å². The first-order chi connectivity index (χ1) is 9.19. The maximum absolute atomic E-state index is 11.6. The summed E-state index contributed by atoms with van der Waals surface area (Å²) in [7, 11) is 0. The molecule has 0 saturated carbocycles. The minimum Gasteiger partial charge on any atom is -0.452 e. The number of carbonyl (C=O) groups excluding carboxylic acids is 2. The van der Waals surface area contributed by atoms with E-state index in [1.807, 2.05) is 6.07 Å². The third-order valence-corrected chi connectivity index (χ3v) is 2.33. The molecule has 1 aromatic rings. The molecule has 0 aliphatic rings. The SMILES string of the molecule is [N-]=[N+]=C(C(=O)CCCO)C(=O)OCc1ccccc1. The van der Waals surface area contributed by atoms with Gasteiger partial charge in [0.15, 0.2) is 0 Å². The minimum absolute atomic E-state index is 0.00796. The lowest BCUT2D eigenvalue weighted by Gasteiger charge is -2.01. The lowest BCUT2D eigenvalue weighted by Crippen LogP contribution is -2.27. The number of rotatable bonds is 7. The van der Waals surface area contributed by atoms with Crippen LogP contribution >= 0.6 is 0 Å². The van der Waals surface area contributed by atoms with Gasteiger partial charge in [-0.25, -0.2) is 4.79 Å². The first-order valence-electron chi connectivity index (χ1n) is 5.76. The molecule has 1 rings (SSSR count). The highest BCUT2D eigenvalue weighted by molar-refractivity contribution is 6.62. The van der Waals surface area contributed by atoms with Crippen LogP contribution in [0.1, 0.15) is 18.4 Å². The monoisotopic (exact) mass is 262 g/mol. The first-order valence-corrected chi connectivity index (χ1v) is 5.76. The van der Waals surface area contributed by atoms with Gasteiger partial charge in [-0.2, -0.15) is 4.79 Å². The van der Waals surface area contributed by atoms with Crippen molar-refractivity contribution in [2.24, 2.45) is 0 Å². The Morgan fingerprint density at radius 2 is 1.95 bits per heavy atom. The van der Waals surface area contributed by atoms with E-state index in [1.165, 1.54) is 0 Å². The predicted molar refractivity (Wildman–Crippen MR) is 66.2 cm³/mol. The molecule has 0 saturated heterocycles. The summed E-state index contributed by atoms with van der Waals surface area (Å²) < 4.78 is 4.87. The van der Waals surface area contributed by atoms with E-state index in [0.29, 0.717) is 0 Å². The van der Waals surface area contributed by atoms with E-state index in [1.54, 1.807) is 24.3 Å². The first kappa shape index (κ1) is 14.8. The second kappa shape index (κ2) is 7.92. The molecular weight excluding hydrogens is 248 g/mol. The van der Waals surface area contributed by atoms with E-state index in [9.17, 15) is 9.59 Å². The number of hydrogen-bond acceptors (Lipinski definition) is 4. The molecule has 0 unspecified atom stereocenters. The van der Waals surface area contributed by atoms with Crippen LogP contribution in [0.2, 0.25) is 0 Å². The Kier molecular flexibility index (Phi) is 6.15. The van der Waals surface area contributed by atoms with Crippen molar-refractivity contribution in [2.45, 2.75) is 19.4 Å². The van der Waals surface area contributed by atoms with Gasteiger partial charge in [-0.05, 0) is 12.0 Å². The molecule has 0 spiro atoms. The Bertz CT molecular complexity index is 493. The zero-order chi connectivity index (χ0) is 14.1. The third-order valence-electron chi connectivity index (χ3n) is 2.33. The van der Waals surface area contributed by atoms with Gasteiger partial charge < -0.3 is 15.4 Å². The molecule has 6 nitrogen and oxygen atoms in total. The number of esters is 1. The molecule has 0 amide bonds. The number of ether oxygens (including phenoxy) is 1. The lowest BCUT2D eigenvalue weighted by molar-refractivity contribution is -0.143. The molecule has 0 radical (unpaired) electrons. The number of hydrogen-bond donors (Lipinski definition) is 1. The average molecular weight is 262 g/mol. The van der Waals surface area contributed by atoms with Crippen LogP contribution in [0, 0.1) is 0 Å². The summed E-state index contributed by atoms with van der Waals surface area (Å²) in [5, 5.41) is 8.59. The van der Waals surface area contributed by atoms with E-state index in [0.717, 1.165) is 5.56 Å². The van der Waals surface area contributed by atoms with Crippen LogP contribution in [-0.2, 0) is 20.9 Å². The summed E-state index contributed by atoms with van der Waals surface area (Å²) >= 11 is 0. The second-order valence-corrected chi connectivity index (χ2v) is 3.76. The average Bonchev–Trinajstić information content (AvgIpc) is 2.44. The molecule has 0 bridgehead atoms. The van der Waals surface area contributed by atoms with E-state index in [-0.39, 0.29) is 26.1 Å². The van der Waals surface area contributed by atoms with Gasteiger partial charge in [-0.15, -0.1) is 0 Å². The van der Waals surface area contributed by atoms with Gasteiger partial charge in [-0.1, -0.05) is 30.3 Å². The Balaban J connectivity index is 2.56. The molecule has 0 aliphatic heterocycles. The molecule has 0 atom stereocenters. The number of nitrogens with zero attached hydrogens (tertiary/aromatic N) is 2. The van der Waals surface area contributed by atoms with Crippen molar-refractivity contribution < 1.29 is 24.2 Å². The third kappa shape index (κ3) is 4.83. The van der Waals surface area contributed by atoms with Crippen molar-refractivity contribution in [3.05, 3.63) is 41.4 Å². The summed E-state index contributed by atoms with van der Waals surface area (Å²) in [6.07, 6.45) is 0.125. The molecule has 0 heterocycles. The second-order valence-electron chi connectivity index (χ2n) is 3.76. The Labute approximate surface area is 110 Å². The molecule has 1 N–H and O–H groups in total. The highest BCUT2D eigenvalue weighted by Gasteiger charge is 2.30. The largest absolute Gasteiger partial charge is 0.452 e. The molecule has 0 fully saturated rings. The number of aliphatic hydroxyl groups excluding tert-OH is 1. The lowest BCUT2D eigenvalue weighted by atomic mass is 10.1. The Morgan fingerprint density at radius 3 is 2.53 bits per heavy atom. The van der Waals surface area contributed by atoms with Gasteiger partial charge in [0.1, 0.15) is 6.61 Å². The molecule has 6 heteroatoms. The summed E-state index contributed by atoms with van der Waals surface area (Å²) in [4.78, 5) is 25.7. The molecular formula is C13H14N2O4. The van der Waals surface area contributed by atoms with Gasteiger partial charge >= 0.3 is 11.7 Å². The van der Waals surface area contributed by atoms with Crippen LogP contribution in [-0.4, -0.2) is 34.0 Å². The topological polar surface area (TPSA) is 100 Å². The van der Waals surface area contributed by atoms with E-state index in [4.69, 9.17) is 15.4 Å². The van der Waals surface area contributed by atoms with Crippen molar-refractivity contribution in [3.63, 3.8) is 0 Å². The van der Waals surface area contributed by atoms with Gasteiger partial charge in [-0.3, -0.25) is 4.79 Å². The molecule has 100 valence electrons. The van der Waals surface area contributed by atoms with E-state index >= 15 is 0 Å². The van der Waals surface area contributed by atoms with Crippen LogP contribution in [0.25, 0.3) is 5.53 Å². The zero-order valence-electron chi connectivity index (χ0n) is 10.3. The van der Waals surface area contributed by atoms with E-state index < -0.39 is 17.5 Å². The van der Waals surface area contributed by atoms with Gasteiger partial charge in [0.25, 0.3) is 5.78 Å². The van der Waals surface area contributed by atoms with Crippen LogP contribution in [0.3, 0.4) is 0 Å². The van der Waals surface area contributed by atoms with Gasteiger partial charge in [0.05, 0.1) is 0 Å². The fourth-order valence-electron chi connectivity index (χ4n) is 1.36. The number of carbonyl (C=O) groups is 2. The Morgan fingerprint density at radius 1 is 1.26 bits per heavy atom. The van der Waals surface area contributed by atoms with Crippen molar-refractivity contribution in [3.8, 4) is 0 Å².